The highest BCUT2D eigenvalue weighted by Gasteiger charge is 2.05. The summed E-state index contributed by atoms with van der Waals surface area (Å²) >= 11 is 3.40. The Labute approximate surface area is 118 Å². The lowest BCUT2D eigenvalue weighted by molar-refractivity contribution is 0.720. The van der Waals surface area contributed by atoms with Gasteiger partial charge in [0.05, 0.1) is 23.4 Å². The maximum atomic E-state index is 4.41. The number of nitrogens with zero attached hydrogens (tertiary/aromatic N) is 4. The van der Waals surface area contributed by atoms with Gasteiger partial charge in [-0.05, 0) is 34.1 Å². The van der Waals surface area contributed by atoms with E-state index in [1.807, 2.05) is 29.9 Å². The monoisotopic (exact) mass is 317 g/mol. The second-order valence-corrected chi connectivity index (χ2v) is 5.10. The summed E-state index contributed by atoms with van der Waals surface area (Å²) in [6.45, 7) is 0.702. The van der Waals surface area contributed by atoms with Gasteiger partial charge in [0, 0.05) is 30.1 Å². The predicted molar refractivity (Wildman–Crippen MR) is 77.8 cm³/mol. The number of hydrogen-bond donors (Lipinski definition) is 1. The molecule has 3 aromatic heterocycles. The largest absolute Gasteiger partial charge is 0.378 e. The molecule has 0 aliphatic rings. The standard InChI is InChI=1S/C13H12BrN5/c1-19-10(2-5-18-19)8-16-11-3-4-15-12-6-9(14)7-17-13(11)12/h2-7H,8H2,1H3,(H,15,16). The van der Waals surface area contributed by atoms with Crippen molar-refractivity contribution in [3.63, 3.8) is 0 Å². The van der Waals surface area contributed by atoms with Crippen LogP contribution in [0.3, 0.4) is 0 Å². The van der Waals surface area contributed by atoms with Crippen molar-refractivity contribution in [2.45, 2.75) is 6.54 Å². The Bertz CT molecular complexity index is 722. The van der Waals surface area contributed by atoms with Gasteiger partial charge in [-0.15, -0.1) is 0 Å². The van der Waals surface area contributed by atoms with Crippen molar-refractivity contribution in [3.05, 3.63) is 47.0 Å². The van der Waals surface area contributed by atoms with Crippen LogP contribution in [0.15, 0.2) is 41.3 Å². The fourth-order valence-corrected chi connectivity index (χ4v) is 2.23. The molecule has 5 nitrogen and oxygen atoms in total. The second-order valence-electron chi connectivity index (χ2n) is 4.18. The van der Waals surface area contributed by atoms with Crippen molar-refractivity contribution < 1.29 is 0 Å². The molecule has 3 heterocycles. The average Bonchev–Trinajstić information content (AvgIpc) is 2.81. The van der Waals surface area contributed by atoms with E-state index < -0.39 is 0 Å². The van der Waals surface area contributed by atoms with Crippen molar-refractivity contribution in [2.75, 3.05) is 5.32 Å². The molecule has 0 aliphatic heterocycles. The molecule has 0 fully saturated rings. The minimum atomic E-state index is 0.702. The van der Waals surface area contributed by atoms with E-state index in [1.54, 1.807) is 18.6 Å². The molecule has 0 aliphatic carbocycles. The molecule has 1 N–H and O–H groups in total. The number of nitrogens with one attached hydrogen (secondary N) is 1. The molecule has 3 rings (SSSR count). The highest BCUT2D eigenvalue weighted by atomic mass is 79.9. The van der Waals surface area contributed by atoms with Crippen LogP contribution in [0.1, 0.15) is 5.69 Å². The minimum Gasteiger partial charge on any atom is -0.378 e. The maximum Gasteiger partial charge on any atom is 0.112 e. The van der Waals surface area contributed by atoms with E-state index in [-0.39, 0.29) is 0 Å². The van der Waals surface area contributed by atoms with Gasteiger partial charge in [-0.1, -0.05) is 0 Å². The first-order valence-corrected chi connectivity index (χ1v) is 6.64. The lowest BCUT2D eigenvalue weighted by atomic mass is 10.2. The molecule has 0 atom stereocenters. The zero-order chi connectivity index (χ0) is 13.2. The first-order valence-electron chi connectivity index (χ1n) is 5.85. The number of anilines is 1. The van der Waals surface area contributed by atoms with Crippen LogP contribution in [0.5, 0.6) is 0 Å². The van der Waals surface area contributed by atoms with E-state index in [9.17, 15) is 0 Å². The molecule has 96 valence electrons. The van der Waals surface area contributed by atoms with Crippen LogP contribution in [0, 0.1) is 0 Å². The molecule has 3 aromatic rings. The van der Waals surface area contributed by atoms with Crippen molar-refractivity contribution >= 4 is 32.7 Å². The Balaban J connectivity index is 1.91. The van der Waals surface area contributed by atoms with Gasteiger partial charge in [0.15, 0.2) is 0 Å². The van der Waals surface area contributed by atoms with E-state index in [1.165, 1.54) is 0 Å². The Kier molecular flexibility index (Phi) is 3.16. The molecule has 6 heteroatoms. The van der Waals surface area contributed by atoms with Crippen molar-refractivity contribution in [1.29, 1.82) is 0 Å². The van der Waals surface area contributed by atoms with Crippen LogP contribution < -0.4 is 5.32 Å². The smallest absolute Gasteiger partial charge is 0.112 e. The SMILES string of the molecule is Cn1nccc1CNc1ccnc2cc(Br)cnc12. The number of rotatable bonds is 3. The molecular weight excluding hydrogens is 306 g/mol. The van der Waals surface area contributed by atoms with Gasteiger partial charge >= 0.3 is 0 Å². The van der Waals surface area contributed by atoms with Gasteiger partial charge in [-0.25, -0.2) is 0 Å². The zero-order valence-corrected chi connectivity index (χ0v) is 11.9. The van der Waals surface area contributed by atoms with E-state index >= 15 is 0 Å². The Hall–Kier alpha value is -1.95. The maximum absolute atomic E-state index is 4.41. The van der Waals surface area contributed by atoms with E-state index in [0.717, 1.165) is 26.9 Å². The highest BCUT2D eigenvalue weighted by Crippen LogP contribution is 2.22. The topological polar surface area (TPSA) is 55.6 Å². The molecule has 0 saturated heterocycles. The lowest BCUT2D eigenvalue weighted by Gasteiger charge is -2.09. The fraction of sp³-hybridized carbons (Fsp3) is 0.154. The summed E-state index contributed by atoms with van der Waals surface area (Å²) in [5, 5.41) is 7.52. The first kappa shape index (κ1) is 12.1. The third-order valence-corrected chi connectivity index (χ3v) is 3.36. The van der Waals surface area contributed by atoms with E-state index in [4.69, 9.17) is 0 Å². The summed E-state index contributed by atoms with van der Waals surface area (Å²) in [6, 6.07) is 5.87. The number of aromatic nitrogens is 4. The summed E-state index contributed by atoms with van der Waals surface area (Å²) in [5.41, 5.74) is 3.82. The third kappa shape index (κ3) is 2.44. The fourth-order valence-electron chi connectivity index (χ4n) is 1.91. The summed E-state index contributed by atoms with van der Waals surface area (Å²) < 4.78 is 2.77. The lowest BCUT2D eigenvalue weighted by Crippen LogP contribution is -2.06. The van der Waals surface area contributed by atoms with E-state index in [2.05, 4.69) is 36.3 Å². The molecule has 0 bridgehead atoms. The molecule has 19 heavy (non-hydrogen) atoms. The van der Waals surface area contributed by atoms with Crippen LogP contribution in [0.25, 0.3) is 11.0 Å². The van der Waals surface area contributed by atoms with Crippen LogP contribution in [-0.2, 0) is 13.6 Å². The molecular formula is C13H12BrN5. The van der Waals surface area contributed by atoms with Gasteiger partial charge in [-0.3, -0.25) is 14.6 Å². The summed E-state index contributed by atoms with van der Waals surface area (Å²) in [5.74, 6) is 0. The molecule has 0 amide bonds. The number of pyridine rings is 2. The van der Waals surface area contributed by atoms with E-state index in [0.29, 0.717) is 6.54 Å². The quantitative estimate of drug-likeness (QED) is 0.807. The minimum absolute atomic E-state index is 0.702. The van der Waals surface area contributed by atoms with Gasteiger partial charge < -0.3 is 5.32 Å². The number of fused-ring (bicyclic) bond motifs is 1. The zero-order valence-electron chi connectivity index (χ0n) is 10.3. The van der Waals surface area contributed by atoms with Crippen molar-refractivity contribution in [2.24, 2.45) is 7.05 Å². The molecule has 0 unspecified atom stereocenters. The molecule has 0 aromatic carbocycles. The number of halogens is 1. The average molecular weight is 318 g/mol. The van der Waals surface area contributed by atoms with Gasteiger partial charge in [0.25, 0.3) is 0 Å². The van der Waals surface area contributed by atoms with Crippen LogP contribution in [0.2, 0.25) is 0 Å². The summed E-state index contributed by atoms with van der Waals surface area (Å²) in [6.07, 6.45) is 5.35. The van der Waals surface area contributed by atoms with Gasteiger partial charge in [0.1, 0.15) is 5.52 Å². The summed E-state index contributed by atoms with van der Waals surface area (Å²) in [4.78, 5) is 8.72. The molecule has 0 radical (unpaired) electrons. The van der Waals surface area contributed by atoms with Crippen LogP contribution in [-0.4, -0.2) is 19.7 Å². The van der Waals surface area contributed by atoms with Crippen molar-refractivity contribution in [1.82, 2.24) is 19.7 Å². The van der Waals surface area contributed by atoms with Crippen molar-refractivity contribution in [3.8, 4) is 0 Å². The Morgan fingerprint density at radius 2 is 2.16 bits per heavy atom. The Morgan fingerprint density at radius 1 is 1.26 bits per heavy atom. The number of hydrogen-bond acceptors (Lipinski definition) is 4. The van der Waals surface area contributed by atoms with Crippen LogP contribution >= 0.6 is 15.9 Å². The normalized spacial score (nSPS) is 10.8. The molecule has 0 spiro atoms. The summed E-state index contributed by atoms with van der Waals surface area (Å²) in [7, 11) is 1.93. The Morgan fingerprint density at radius 3 is 2.95 bits per heavy atom. The number of aryl methyl sites for hydroxylation is 1. The van der Waals surface area contributed by atoms with Crippen LogP contribution in [0.4, 0.5) is 5.69 Å². The van der Waals surface area contributed by atoms with Gasteiger partial charge in [0.2, 0.25) is 0 Å². The highest BCUT2D eigenvalue weighted by molar-refractivity contribution is 9.10. The van der Waals surface area contributed by atoms with Gasteiger partial charge in [-0.2, -0.15) is 5.10 Å². The second kappa shape index (κ2) is 4.97. The predicted octanol–water partition coefficient (Wildman–Crippen LogP) is 2.74. The first-order chi connectivity index (χ1) is 9.24. The molecule has 0 saturated carbocycles. The third-order valence-electron chi connectivity index (χ3n) is 2.93.